The fourth-order valence-electron chi connectivity index (χ4n) is 3.53. The molecule has 0 aromatic carbocycles. The molecule has 1 aliphatic carbocycles. The van der Waals surface area contributed by atoms with E-state index in [0.717, 1.165) is 32.2 Å². The number of esters is 1. The summed E-state index contributed by atoms with van der Waals surface area (Å²) in [6, 6.07) is 0.350. The molecule has 1 saturated heterocycles. The summed E-state index contributed by atoms with van der Waals surface area (Å²) in [6.45, 7) is 5.20. The van der Waals surface area contributed by atoms with E-state index >= 15 is 0 Å². The number of hydrogen-bond donors (Lipinski definition) is 0. The maximum absolute atomic E-state index is 12.9. The second kappa shape index (κ2) is 6.59. The lowest BCUT2D eigenvalue weighted by atomic mass is 9.73. The Hall–Kier alpha value is -1.06. The van der Waals surface area contributed by atoms with Gasteiger partial charge in [-0.2, -0.15) is 0 Å². The monoisotopic (exact) mass is 281 g/mol. The van der Waals surface area contributed by atoms with Gasteiger partial charge in [0, 0.05) is 12.6 Å². The van der Waals surface area contributed by atoms with Crippen molar-refractivity contribution in [2.24, 2.45) is 17.8 Å². The molecule has 4 heteroatoms. The van der Waals surface area contributed by atoms with Crippen molar-refractivity contribution in [1.29, 1.82) is 0 Å². The van der Waals surface area contributed by atoms with Crippen LogP contribution < -0.4 is 0 Å². The van der Waals surface area contributed by atoms with E-state index < -0.39 is 0 Å². The lowest BCUT2D eigenvalue weighted by Gasteiger charge is -2.37. The molecular weight excluding hydrogens is 254 g/mol. The first-order valence-corrected chi connectivity index (χ1v) is 7.92. The number of likely N-dealkylation sites (tertiary alicyclic amines) is 1. The third-order valence-electron chi connectivity index (χ3n) is 5.00. The van der Waals surface area contributed by atoms with E-state index in [2.05, 4.69) is 13.8 Å². The minimum absolute atomic E-state index is 0.157. The van der Waals surface area contributed by atoms with E-state index in [1.165, 1.54) is 13.5 Å². The Kier molecular flexibility index (Phi) is 5.06. The first-order valence-electron chi connectivity index (χ1n) is 7.92. The Morgan fingerprint density at radius 1 is 1.20 bits per heavy atom. The van der Waals surface area contributed by atoms with Crippen LogP contribution in [-0.2, 0) is 14.3 Å². The predicted molar refractivity (Wildman–Crippen MR) is 77.0 cm³/mol. The molecule has 20 heavy (non-hydrogen) atoms. The second-order valence-corrected chi connectivity index (χ2v) is 6.56. The lowest BCUT2D eigenvalue weighted by Crippen LogP contribution is -2.45. The van der Waals surface area contributed by atoms with Crippen molar-refractivity contribution in [1.82, 2.24) is 4.90 Å². The van der Waals surface area contributed by atoms with Gasteiger partial charge in [-0.1, -0.05) is 20.3 Å². The van der Waals surface area contributed by atoms with E-state index in [9.17, 15) is 9.59 Å². The Bertz CT molecular complexity index is 363. The highest BCUT2D eigenvalue weighted by atomic mass is 16.5. The van der Waals surface area contributed by atoms with Gasteiger partial charge in [-0.05, 0) is 37.5 Å². The third kappa shape index (κ3) is 3.15. The molecule has 0 unspecified atom stereocenters. The molecule has 4 nitrogen and oxygen atoms in total. The van der Waals surface area contributed by atoms with E-state index in [1.807, 2.05) is 4.90 Å². The molecule has 0 spiro atoms. The van der Waals surface area contributed by atoms with Gasteiger partial charge in [-0.3, -0.25) is 9.59 Å². The number of nitrogens with zero attached hydrogens (tertiary/aromatic N) is 1. The Balaban J connectivity index is 2.07. The zero-order valence-electron chi connectivity index (χ0n) is 12.9. The van der Waals surface area contributed by atoms with Gasteiger partial charge in [0.1, 0.15) is 0 Å². The molecule has 1 heterocycles. The first-order chi connectivity index (χ1) is 9.54. The van der Waals surface area contributed by atoms with Gasteiger partial charge >= 0.3 is 5.97 Å². The van der Waals surface area contributed by atoms with Crippen molar-refractivity contribution >= 4 is 11.9 Å². The van der Waals surface area contributed by atoms with Crippen molar-refractivity contribution in [3.05, 3.63) is 0 Å². The number of amides is 1. The number of ether oxygens (including phenoxy) is 1. The van der Waals surface area contributed by atoms with Crippen LogP contribution in [0.25, 0.3) is 0 Å². The lowest BCUT2D eigenvalue weighted by molar-refractivity contribution is -0.150. The van der Waals surface area contributed by atoms with Gasteiger partial charge in [0.15, 0.2) is 0 Å². The topological polar surface area (TPSA) is 46.6 Å². The molecule has 114 valence electrons. The second-order valence-electron chi connectivity index (χ2n) is 6.56. The minimum Gasteiger partial charge on any atom is -0.469 e. The Morgan fingerprint density at radius 2 is 1.90 bits per heavy atom. The highest BCUT2D eigenvalue weighted by Crippen LogP contribution is 2.38. The smallest absolute Gasteiger partial charge is 0.306 e. The van der Waals surface area contributed by atoms with Gasteiger partial charge in [-0.15, -0.1) is 0 Å². The Labute approximate surface area is 121 Å². The van der Waals surface area contributed by atoms with Gasteiger partial charge in [-0.25, -0.2) is 0 Å². The van der Waals surface area contributed by atoms with Crippen LogP contribution in [0.4, 0.5) is 0 Å². The molecule has 0 N–H and O–H groups in total. The van der Waals surface area contributed by atoms with Crippen molar-refractivity contribution in [2.75, 3.05) is 13.7 Å². The molecule has 0 aromatic heterocycles. The van der Waals surface area contributed by atoms with Crippen LogP contribution in [0.1, 0.15) is 52.4 Å². The van der Waals surface area contributed by atoms with Gasteiger partial charge in [0.05, 0.1) is 19.4 Å². The van der Waals surface area contributed by atoms with Gasteiger partial charge in [0.25, 0.3) is 0 Å². The normalized spacial score (nSPS) is 24.6. The average molecular weight is 281 g/mol. The van der Waals surface area contributed by atoms with Crippen LogP contribution in [-0.4, -0.2) is 36.5 Å². The van der Waals surface area contributed by atoms with Crippen molar-refractivity contribution in [3.8, 4) is 0 Å². The molecule has 0 bridgehead atoms. The predicted octanol–water partition coefficient (Wildman–Crippen LogP) is 2.61. The molecular formula is C16H27NO3. The zero-order valence-corrected chi connectivity index (χ0v) is 12.9. The zero-order chi connectivity index (χ0) is 14.7. The van der Waals surface area contributed by atoms with Crippen LogP contribution >= 0.6 is 0 Å². The fraction of sp³-hybridized carbons (Fsp3) is 0.875. The Morgan fingerprint density at radius 3 is 2.40 bits per heavy atom. The van der Waals surface area contributed by atoms with Crippen molar-refractivity contribution in [3.63, 3.8) is 0 Å². The number of rotatable bonds is 5. The molecule has 1 amide bonds. The number of hydrogen-bond acceptors (Lipinski definition) is 3. The maximum Gasteiger partial charge on any atom is 0.306 e. The summed E-state index contributed by atoms with van der Waals surface area (Å²) in [6.07, 6.45) is 5.77. The van der Waals surface area contributed by atoms with Gasteiger partial charge in [0.2, 0.25) is 5.91 Å². The highest BCUT2D eigenvalue weighted by Gasteiger charge is 2.40. The summed E-state index contributed by atoms with van der Waals surface area (Å²) < 4.78 is 4.78. The van der Waals surface area contributed by atoms with E-state index in [-0.39, 0.29) is 24.2 Å². The minimum atomic E-state index is -0.254. The summed E-state index contributed by atoms with van der Waals surface area (Å²) in [7, 11) is 1.40. The number of methoxy groups -OCH3 is 1. The summed E-state index contributed by atoms with van der Waals surface area (Å²) in [5.41, 5.74) is 0. The SMILES string of the molecule is COC(=O)C[C@H](C(=O)N1CCC[C@H]1C(C)C)C1CCC1. The van der Waals surface area contributed by atoms with Crippen LogP contribution in [0.3, 0.4) is 0 Å². The average Bonchev–Trinajstić information content (AvgIpc) is 2.84. The first kappa shape index (κ1) is 15.3. The quantitative estimate of drug-likeness (QED) is 0.728. The molecule has 2 atom stereocenters. The number of carbonyl (C=O) groups is 2. The van der Waals surface area contributed by atoms with Crippen LogP contribution in [0.5, 0.6) is 0 Å². The molecule has 0 aromatic rings. The van der Waals surface area contributed by atoms with E-state index in [1.54, 1.807) is 0 Å². The molecule has 1 saturated carbocycles. The molecule has 1 aliphatic heterocycles. The summed E-state index contributed by atoms with van der Waals surface area (Å²) >= 11 is 0. The highest BCUT2D eigenvalue weighted by molar-refractivity contribution is 5.84. The van der Waals surface area contributed by atoms with Crippen LogP contribution in [0.2, 0.25) is 0 Å². The van der Waals surface area contributed by atoms with Crippen LogP contribution in [0.15, 0.2) is 0 Å². The van der Waals surface area contributed by atoms with Crippen LogP contribution in [0, 0.1) is 17.8 Å². The van der Waals surface area contributed by atoms with E-state index in [0.29, 0.717) is 17.9 Å². The fourth-order valence-corrected chi connectivity index (χ4v) is 3.53. The largest absolute Gasteiger partial charge is 0.469 e. The molecule has 2 rings (SSSR count). The van der Waals surface area contributed by atoms with Gasteiger partial charge < -0.3 is 9.64 Å². The standard InChI is InChI=1S/C16H27NO3/c1-11(2)14-8-5-9-17(14)16(19)13(10-15(18)20-3)12-6-4-7-12/h11-14H,4-10H2,1-3H3/t13-,14-/m0/s1. The molecule has 2 aliphatic rings. The van der Waals surface area contributed by atoms with Crippen molar-refractivity contribution < 1.29 is 14.3 Å². The molecule has 2 fully saturated rings. The van der Waals surface area contributed by atoms with Crippen molar-refractivity contribution in [2.45, 2.75) is 58.4 Å². The summed E-state index contributed by atoms with van der Waals surface area (Å²) in [4.78, 5) is 26.5. The number of carbonyl (C=O) groups excluding carboxylic acids is 2. The summed E-state index contributed by atoms with van der Waals surface area (Å²) in [5.74, 6) is 0.652. The van der Waals surface area contributed by atoms with E-state index in [4.69, 9.17) is 4.74 Å². The third-order valence-corrected chi connectivity index (χ3v) is 5.00. The maximum atomic E-state index is 12.9. The summed E-state index contributed by atoms with van der Waals surface area (Å²) in [5, 5.41) is 0. The molecule has 0 radical (unpaired) electrons.